The van der Waals surface area contributed by atoms with Gasteiger partial charge >= 0.3 is 0 Å². The van der Waals surface area contributed by atoms with Crippen LogP contribution in [0.1, 0.15) is 18.1 Å². The van der Waals surface area contributed by atoms with Gasteiger partial charge in [0, 0.05) is 18.2 Å². The maximum atomic E-state index is 13.8. The molecule has 2 rings (SSSR count). The van der Waals surface area contributed by atoms with Crippen molar-refractivity contribution >= 4 is 27.3 Å². The van der Waals surface area contributed by atoms with Crippen molar-refractivity contribution < 1.29 is 8.78 Å². The number of halogens is 3. The zero-order valence-electron chi connectivity index (χ0n) is 10.4. The number of thiophene rings is 1. The Labute approximate surface area is 123 Å². The highest BCUT2D eigenvalue weighted by atomic mass is 79.9. The van der Waals surface area contributed by atoms with Crippen LogP contribution in [0.3, 0.4) is 0 Å². The quantitative estimate of drug-likeness (QED) is 0.786. The van der Waals surface area contributed by atoms with Crippen LogP contribution >= 0.6 is 27.3 Å². The van der Waals surface area contributed by atoms with Crippen LogP contribution < -0.4 is 5.32 Å². The van der Waals surface area contributed by atoms with E-state index in [-0.39, 0.29) is 22.6 Å². The second kappa shape index (κ2) is 6.59. The standard InChI is InChI=1S/C14H14BrF2NS/c1-9(6-10-4-5-19-8-10)18-7-11-13(16)3-2-12(15)14(11)17/h2-5,8-9,18H,6-7H2,1H3. The second-order valence-electron chi connectivity index (χ2n) is 4.44. The lowest BCUT2D eigenvalue weighted by atomic mass is 10.1. The summed E-state index contributed by atoms with van der Waals surface area (Å²) in [6, 6.07) is 4.87. The first-order valence-corrected chi connectivity index (χ1v) is 7.68. The molecule has 0 amide bonds. The first-order valence-electron chi connectivity index (χ1n) is 5.94. The lowest BCUT2D eigenvalue weighted by Crippen LogP contribution is -2.28. The molecule has 1 aromatic heterocycles. The van der Waals surface area contributed by atoms with Crippen LogP contribution in [0.4, 0.5) is 8.78 Å². The van der Waals surface area contributed by atoms with Crippen molar-refractivity contribution in [2.24, 2.45) is 0 Å². The molecular formula is C14H14BrF2NS. The molecule has 1 unspecified atom stereocenters. The molecule has 0 saturated carbocycles. The highest BCUT2D eigenvalue weighted by molar-refractivity contribution is 9.10. The Morgan fingerprint density at radius 3 is 2.79 bits per heavy atom. The van der Waals surface area contributed by atoms with Crippen molar-refractivity contribution in [3.05, 3.63) is 56.2 Å². The molecule has 0 aliphatic rings. The number of benzene rings is 1. The minimum Gasteiger partial charge on any atom is -0.310 e. The summed E-state index contributed by atoms with van der Waals surface area (Å²) in [5.41, 5.74) is 1.31. The van der Waals surface area contributed by atoms with E-state index in [2.05, 4.69) is 32.7 Å². The molecule has 19 heavy (non-hydrogen) atoms. The summed E-state index contributed by atoms with van der Waals surface area (Å²) >= 11 is 4.72. The van der Waals surface area contributed by atoms with Crippen LogP contribution in [-0.4, -0.2) is 6.04 Å². The molecule has 1 aromatic carbocycles. The summed E-state index contributed by atoms with van der Waals surface area (Å²) in [7, 11) is 0. The number of nitrogens with one attached hydrogen (secondary N) is 1. The molecule has 0 bridgehead atoms. The lowest BCUT2D eigenvalue weighted by molar-refractivity contribution is 0.496. The molecule has 0 aliphatic carbocycles. The summed E-state index contributed by atoms with van der Waals surface area (Å²) < 4.78 is 27.6. The summed E-state index contributed by atoms with van der Waals surface area (Å²) in [4.78, 5) is 0. The van der Waals surface area contributed by atoms with Gasteiger partial charge in [0.15, 0.2) is 0 Å². The van der Waals surface area contributed by atoms with Crippen molar-refractivity contribution in [2.45, 2.75) is 25.9 Å². The van der Waals surface area contributed by atoms with E-state index in [9.17, 15) is 8.78 Å². The maximum Gasteiger partial charge on any atom is 0.144 e. The van der Waals surface area contributed by atoms with Gasteiger partial charge in [0.1, 0.15) is 11.6 Å². The number of hydrogen-bond acceptors (Lipinski definition) is 2. The van der Waals surface area contributed by atoms with Crippen molar-refractivity contribution in [1.82, 2.24) is 5.32 Å². The highest BCUT2D eigenvalue weighted by Crippen LogP contribution is 2.21. The molecule has 0 fully saturated rings. The van der Waals surface area contributed by atoms with E-state index in [1.165, 1.54) is 17.7 Å². The van der Waals surface area contributed by atoms with Crippen LogP contribution in [0.2, 0.25) is 0 Å². The van der Waals surface area contributed by atoms with Gasteiger partial charge in [-0.1, -0.05) is 0 Å². The van der Waals surface area contributed by atoms with Crippen molar-refractivity contribution in [3.8, 4) is 0 Å². The Bertz CT molecular complexity index is 543. The summed E-state index contributed by atoms with van der Waals surface area (Å²) in [6.45, 7) is 2.19. The van der Waals surface area contributed by atoms with Crippen LogP contribution in [0, 0.1) is 11.6 Å². The van der Waals surface area contributed by atoms with Crippen molar-refractivity contribution in [2.75, 3.05) is 0 Å². The first-order chi connectivity index (χ1) is 9.08. The van der Waals surface area contributed by atoms with Gasteiger partial charge in [-0.2, -0.15) is 11.3 Å². The predicted octanol–water partition coefficient (Wildman–Crippen LogP) is 4.51. The van der Waals surface area contributed by atoms with Crippen LogP contribution in [-0.2, 0) is 13.0 Å². The fourth-order valence-electron chi connectivity index (χ4n) is 1.84. The van der Waals surface area contributed by atoms with E-state index in [1.807, 2.05) is 12.3 Å². The molecule has 0 radical (unpaired) electrons. The highest BCUT2D eigenvalue weighted by Gasteiger charge is 2.13. The van der Waals surface area contributed by atoms with Gasteiger partial charge in [-0.05, 0) is 63.8 Å². The molecule has 1 atom stereocenters. The summed E-state index contributed by atoms with van der Waals surface area (Å²) in [5.74, 6) is -1.05. The van der Waals surface area contributed by atoms with E-state index < -0.39 is 11.6 Å². The Kier molecular flexibility index (Phi) is 5.07. The summed E-state index contributed by atoms with van der Waals surface area (Å²) in [5, 5.41) is 7.26. The average molecular weight is 346 g/mol. The topological polar surface area (TPSA) is 12.0 Å². The van der Waals surface area contributed by atoms with Gasteiger partial charge < -0.3 is 5.32 Å². The maximum absolute atomic E-state index is 13.8. The van der Waals surface area contributed by atoms with Crippen LogP contribution in [0.5, 0.6) is 0 Å². The van der Waals surface area contributed by atoms with Gasteiger partial charge in [-0.25, -0.2) is 8.78 Å². The van der Waals surface area contributed by atoms with E-state index in [4.69, 9.17) is 0 Å². The van der Waals surface area contributed by atoms with E-state index >= 15 is 0 Å². The number of rotatable bonds is 5. The van der Waals surface area contributed by atoms with E-state index in [0.29, 0.717) is 0 Å². The first kappa shape index (κ1) is 14.6. The fourth-order valence-corrected chi connectivity index (χ4v) is 2.89. The molecule has 0 aliphatic heterocycles. The number of hydrogen-bond donors (Lipinski definition) is 1. The third kappa shape index (κ3) is 3.84. The fraction of sp³-hybridized carbons (Fsp3) is 0.286. The molecule has 1 N–H and O–H groups in total. The minimum absolute atomic E-state index is 0.0755. The Hall–Kier alpha value is -0.780. The SMILES string of the molecule is CC(Cc1ccsc1)NCc1c(F)ccc(Br)c1F. The van der Waals surface area contributed by atoms with Gasteiger partial charge in [-0.3, -0.25) is 0 Å². The third-order valence-electron chi connectivity index (χ3n) is 2.89. The summed E-state index contributed by atoms with van der Waals surface area (Å²) in [6.07, 6.45) is 0.848. The molecule has 5 heteroatoms. The zero-order valence-corrected chi connectivity index (χ0v) is 12.8. The lowest BCUT2D eigenvalue weighted by Gasteiger charge is -2.14. The Morgan fingerprint density at radius 2 is 2.11 bits per heavy atom. The van der Waals surface area contributed by atoms with Gasteiger partial charge in [0.2, 0.25) is 0 Å². The largest absolute Gasteiger partial charge is 0.310 e. The van der Waals surface area contributed by atoms with Crippen molar-refractivity contribution in [3.63, 3.8) is 0 Å². The van der Waals surface area contributed by atoms with E-state index in [1.54, 1.807) is 11.3 Å². The minimum atomic E-state index is -0.532. The third-order valence-corrected chi connectivity index (χ3v) is 4.23. The van der Waals surface area contributed by atoms with Gasteiger partial charge in [0.25, 0.3) is 0 Å². The molecule has 0 saturated heterocycles. The van der Waals surface area contributed by atoms with Crippen LogP contribution in [0.25, 0.3) is 0 Å². The molecule has 2 aromatic rings. The normalized spacial score (nSPS) is 12.6. The Morgan fingerprint density at radius 1 is 1.32 bits per heavy atom. The van der Waals surface area contributed by atoms with E-state index in [0.717, 1.165) is 6.42 Å². The van der Waals surface area contributed by atoms with Crippen molar-refractivity contribution in [1.29, 1.82) is 0 Å². The van der Waals surface area contributed by atoms with Gasteiger partial charge in [-0.15, -0.1) is 0 Å². The monoisotopic (exact) mass is 345 g/mol. The molecule has 102 valence electrons. The van der Waals surface area contributed by atoms with Gasteiger partial charge in [0.05, 0.1) is 4.47 Å². The molecular weight excluding hydrogens is 332 g/mol. The molecule has 0 spiro atoms. The Balaban J connectivity index is 1.97. The second-order valence-corrected chi connectivity index (χ2v) is 6.07. The zero-order chi connectivity index (χ0) is 13.8. The predicted molar refractivity (Wildman–Crippen MR) is 78.4 cm³/mol. The molecule has 1 heterocycles. The van der Waals surface area contributed by atoms with Crippen LogP contribution in [0.15, 0.2) is 33.4 Å². The smallest absolute Gasteiger partial charge is 0.144 e. The average Bonchev–Trinajstić information content (AvgIpc) is 2.87. The molecule has 1 nitrogen and oxygen atoms in total.